The average Bonchev–Trinajstić information content (AvgIpc) is 3.19. The van der Waals surface area contributed by atoms with Gasteiger partial charge in [0.05, 0.1) is 0 Å². The molecule has 18 heavy (non-hydrogen) atoms. The zero-order chi connectivity index (χ0) is 12.8. The number of aromatic nitrogens is 2. The second-order valence-electron chi connectivity index (χ2n) is 4.33. The lowest BCUT2D eigenvalue weighted by Gasteiger charge is -2.09. The molecule has 1 heterocycles. The minimum atomic E-state index is 0.567. The van der Waals surface area contributed by atoms with Crippen molar-refractivity contribution in [2.24, 2.45) is 11.8 Å². The molecule has 0 aromatic carbocycles. The molecule has 7 heteroatoms. The predicted octanol–water partition coefficient (Wildman–Crippen LogP) is 1.75. The fraction of sp³-hybridized carbons (Fsp3) is 0.636. The van der Waals surface area contributed by atoms with Crippen LogP contribution in [0.25, 0.3) is 0 Å². The fourth-order valence-electron chi connectivity index (χ4n) is 1.51. The van der Waals surface area contributed by atoms with Crippen LogP contribution in [0.5, 0.6) is 0 Å². The van der Waals surface area contributed by atoms with Gasteiger partial charge in [0, 0.05) is 19.8 Å². The number of hydrogen-bond donors (Lipinski definition) is 3. The standard InChI is InChI=1S/C11H18BrN5O/c12-9-10(15-7-16-11(9)17-13)14-4-1-5-18-6-8-2-3-8/h7-8H,1-6,13H2,(H2,14,15,16,17). The van der Waals surface area contributed by atoms with Gasteiger partial charge in [-0.05, 0) is 41.1 Å². The van der Waals surface area contributed by atoms with Crippen LogP contribution < -0.4 is 16.6 Å². The van der Waals surface area contributed by atoms with Crippen LogP contribution >= 0.6 is 15.9 Å². The number of nitrogens with one attached hydrogen (secondary N) is 2. The third kappa shape index (κ3) is 4.08. The highest BCUT2D eigenvalue weighted by molar-refractivity contribution is 9.10. The first kappa shape index (κ1) is 13.5. The van der Waals surface area contributed by atoms with Crippen molar-refractivity contribution in [2.45, 2.75) is 19.3 Å². The Bertz CT molecular complexity index is 386. The van der Waals surface area contributed by atoms with Crippen LogP contribution in [0.4, 0.5) is 11.6 Å². The molecule has 0 bridgehead atoms. The van der Waals surface area contributed by atoms with Crippen LogP contribution in [0.1, 0.15) is 19.3 Å². The Balaban J connectivity index is 1.65. The number of hydrazine groups is 1. The molecule has 0 atom stereocenters. The van der Waals surface area contributed by atoms with Crippen molar-refractivity contribution in [3.8, 4) is 0 Å². The highest BCUT2D eigenvalue weighted by atomic mass is 79.9. The topological polar surface area (TPSA) is 85.1 Å². The van der Waals surface area contributed by atoms with Gasteiger partial charge in [-0.25, -0.2) is 15.8 Å². The Labute approximate surface area is 115 Å². The van der Waals surface area contributed by atoms with E-state index < -0.39 is 0 Å². The van der Waals surface area contributed by atoms with Gasteiger partial charge in [-0.1, -0.05) is 0 Å². The number of nitrogen functional groups attached to an aromatic ring is 1. The highest BCUT2D eigenvalue weighted by Gasteiger charge is 2.20. The van der Waals surface area contributed by atoms with Gasteiger partial charge in [0.1, 0.15) is 16.6 Å². The molecule has 4 N–H and O–H groups in total. The highest BCUT2D eigenvalue weighted by Crippen LogP contribution is 2.28. The van der Waals surface area contributed by atoms with Crippen LogP contribution in [0.2, 0.25) is 0 Å². The van der Waals surface area contributed by atoms with Crippen LogP contribution in [0.15, 0.2) is 10.8 Å². The maximum absolute atomic E-state index is 5.55. The number of hydrogen-bond acceptors (Lipinski definition) is 6. The summed E-state index contributed by atoms with van der Waals surface area (Å²) in [6, 6.07) is 0. The van der Waals surface area contributed by atoms with Gasteiger partial charge in [-0.15, -0.1) is 0 Å². The summed E-state index contributed by atoms with van der Waals surface area (Å²) in [6.07, 6.45) is 5.09. The van der Waals surface area contributed by atoms with Crippen LogP contribution in [0, 0.1) is 5.92 Å². The van der Waals surface area contributed by atoms with Gasteiger partial charge < -0.3 is 15.5 Å². The van der Waals surface area contributed by atoms with E-state index in [9.17, 15) is 0 Å². The predicted molar refractivity (Wildman–Crippen MR) is 74.2 cm³/mol. The van der Waals surface area contributed by atoms with Crippen molar-refractivity contribution in [1.82, 2.24) is 9.97 Å². The van der Waals surface area contributed by atoms with E-state index >= 15 is 0 Å². The quantitative estimate of drug-likeness (QED) is 0.385. The van der Waals surface area contributed by atoms with Crippen LogP contribution in [0.3, 0.4) is 0 Å². The maximum Gasteiger partial charge on any atom is 0.159 e. The fourth-order valence-corrected chi connectivity index (χ4v) is 1.97. The molecule has 1 saturated carbocycles. The summed E-state index contributed by atoms with van der Waals surface area (Å²) in [5.41, 5.74) is 2.50. The first-order chi connectivity index (χ1) is 8.81. The number of ether oxygens (including phenoxy) is 1. The summed E-state index contributed by atoms with van der Waals surface area (Å²) in [5.74, 6) is 7.46. The van der Waals surface area contributed by atoms with Crippen molar-refractivity contribution in [3.63, 3.8) is 0 Å². The summed E-state index contributed by atoms with van der Waals surface area (Å²) in [5, 5.41) is 3.22. The monoisotopic (exact) mass is 315 g/mol. The van der Waals surface area contributed by atoms with Crippen molar-refractivity contribution >= 4 is 27.6 Å². The molecule has 1 fully saturated rings. The lowest BCUT2D eigenvalue weighted by atomic mass is 10.4. The van der Waals surface area contributed by atoms with E-state index in [2.05, 4.69) is 36.6 Å². The number of anilines is 2. The van der Waals surface area contributed by atoms with E-state index in [1.54, 1.807) is 0 Å². The molecule has 100 valence electrons. The van der Waals surface area contributed by atoms with Crippen molar-refractivity contribution in [1.29, 1.82) is 0 Å². The summed E-state index contributed by atoms with van der Waals surface area (Å²) >= 11 is 3.39. The SMILES string of the molecule is NNc1ncnc(NCCCOCC2CC2)c1Br. The Morgan fingerprint density at radius 3 is 2.89 bits per heavy atom. The van der Waals surface area contributed by atoms with Gasteiger partial charge in [0.2, 0.25) is 0 Å². The van der Waals surface area contributed by atoms with E-state index in [-0.39, 0.29) is 0 Å². The van der Waals surface area contributed by atoms with Crippen LogP contribution in [-0.4, -0.2) is 29.7 Å². The molecule has 0 radical (unpaired) electrons. The lowest BCUT2D eigenvalue weighted by molar-refractivity contribution is 0.124. The van der Waals surface area contributed by atoms with E-state index in [1.165, 1.54) is 19.2 Å². The second kappa shape index (κ2) is 6.86. The number of halogens is 1. The Kier molecular flexibility index (Phi) is 5.15. The van der Waals surface area contributed by atoms with E-state index in [4.69, 9.17) is 10.6 Å². The van der Waals surface area contributed by atoms with Gasteiger partial charge >= 0.3 is 0 Å². The average molecular weight is 316 g/mol. The molecule has 0 spiro atoms. The molecule has 1 aliphatic rings. The van der Waals surface area contributed by atoms with Gasteiger partial charge in [0.25, 0.3) is 0 Å². The van der Waals surface area contributed by atoms with Gasteiger partial charge in [-0.3, -0.25) is 0 Å². The molecular formula is C11H18BrN5O. The number of nitrogens with two attached hydrogens (primary N) is 1. The smallest absolute Gasteiger partial charge is 0.159 e. The third-order valence-electron chi connectivity index (χ3n) is 2.73. The number of rotatable bonds is 8. The molecular weight excluding hydrogens is 298 g/mol. The molecule has 0 amide bonds. The van der Waals surface area contributed by atoms with Crippen molar-refractivity contribution < 1.29 is 4.74 Å². The molecule has 2 rings (SSSR count). The Morgan fingerprint density at radius 1 is 1.39 bits per heavy atom. The molecule has 1 aromatic heterocycles. The summed E-state index contributed by atoms with van der Waals surface area (Å²) in [6.45, 7) is 2.51. The molecule has 1 aliphatic carbocycles. The first-order valence-corrected chi connectivity index (χ1v) is 6.89. The molecule has 6 nitrogen and oxygen atoms in total. The Hall–Kier alpha value is -0.920. The Morgan fingerprint density at radius 2 is 2.17 bits per heavy atom. The molecule has 0 unspecified atom stereocenters. The number of nitrogens with zero attached hydrogens (tertiary/aromatic N) is 2. The zero-order valence-corrected chi connectivity index (χ0v) is 11.7. The van der Waals surface area contributed by atoms with Crippen molar-refractivity contribution in [3.05, 3.63) is 10.8 Å². The van der Waals surface area contributed by atoms with E-state index in [1.807, 2.05) is 0 Å². The minimum Gasteiger partial charge on any atom is -0.381 e. The van der Waals surface area contributed by atoms with E-state index in [0.29, 0.717) is 5.82 Å². The summed E-state index contributed by atoms with van der Waals surface area (Å²) in [7, 11) is 0. The first-order valence-electron chi connectivity index (χ1n) is 6.10. The third-order valence-corrected chi connectivity index (χ3v) is 3.49. The van der Waals surface area contributed by atoms with Crippen LogP contribution in [-0.2, 0) is 4.74 Å². The summed E-state index contributed by atoms with van der Waals surface area (Å²) in [4.78, 5) is 8.12. The van der Waals surface area contributed by atoms with Crippen molar-refractivity contribution in [2.75, 3.05) is 30.5 Å². The normalized spacial score (nSPS) is 14.6. The molecule has 0 saturated heterocycles. The van der Waals surface area contributed by atoms with E-state index in [0.717, 1.165) is 42.4 Å². The minimum absolute atomic E-state index is 0.567. The largest absolute Gasteiger partial charge is 0.381 e. The van der Waals surface area contributed by atoms with Gasteiger partial charge in [-0.2, -0.15) is 0 Å². The lowest BCUT2D eigenvalue weighted by Crippen LogP contribution is -2.12. The zero-order valence-electron chi connectivity index (χ0n) is 10.2. The molecule has 0 aliphatic heterocycles. The second-order valence-corrected chi connectivity index (χ2v) is 5.12. The molecule has 1 aromatic rings. The van der Waals surface area contributed by atoms with Gasteiger partial charge in [0.15, 0.2) is 5.82 Å². The summed E-state index contributed by atoms with van der Waals surface area (Å²) < 4.78 is 6.30. The maximum atomic E-state index is 5.55.